The number of nitrogens with zero attached hydrogens (tertiary/aromatic N) is 2. The average Bonchev–Trinajstić information content (AvgIpc) is 2.72. The molecule has 1 aliphatic heterocycles. The van der Waals surface area contributed by atoms with Crippen molar-refractivity contribution in [2.45, 2.75) is 19.8 Å². The zero-order chi connectivity index (χ0) is 20.3. The fourth-order valence-corrected chi connectivity index (χ4v) is 3.52. The van der Waals surface area contributed by atoms with E-state index in [1.54, 1.807) is 43.1 Å². The van der Waals surface area contributed by atoms with E-state index in [0.29, 0.717) is 30.5 Å². The highest BCUT2D eigenvalue weighted by Gasteiger charge is 2.39. The van der Waals surface area contributed by atoms with Crippen LogP contribution in [0.15, 0.2) is 54.6 Å². The van der Waals surface area contributed by atoms with Crippen LogP contribution in [0.4, 0.5) is 5.69 Å². The molecular weight excluding hydrogens is 356 g/mol. The molecule has 2 aromatic rings. The zero-order valence-corrected chi connectivity index (χ0v) is 16.1. The number of amides is 2. The molecule has 1 atom stereocenters. The summed E-state index contributed by atoms with van der Waals surface area (Å²) >= 11 is 0. The fourth-order valence-electron chi connectivity index (χ4n) is 3.52. The number of carboxylic acid groups (broad SMARTS) is 1. The van der Waals surface area contributed by atoms with Gasteiger partial charge in [0.1, 0.15) is 0 Å². The largest absolute Gasteiger partial charge is 0.481 e. The van der Waals surface area contributed by atoms with Crippen LogP contribution in [0, 0.1) is 5.41 Å². The van der Waals surface area contributed by atoms with Gasteiger partial charge in [-0.3, -0.25) is 14.4 Å². The number of aliphatic carboxylic acids is 1. The van der Waals surface area contributed by atoms with Gasteiger partial charge in [0.15, 0.2) is 0 Å². The minimum atomic E-state index is -0.936. The molecule has 28 heavy (non-hydrogen) atoms. The number of hydrogen-bond acceptors (Lipinski definition) is 3. The minimum Gasteiger partial charge on any atom is -0.481 e. The first-order valence-corrected chi connectivity index (χ1v) is 9.28. The highest BCUT2D eigenvalue weighted by molar-refractivity contribution is 6.07. The molecule has 2 aromatic carbocycles. The van der Waals surface area contributed by atoms with Gasteiger partial charge in [-0.15, -0.1) is 0 Å². The van der Waals surface area contributed by atoms with Crippen molar-refractivity contribution >= 4 is 23.5 Å². The van der Waals surface area contributed by atoms with Crippen LogP contribution in [0.1, 0.15) is 40.5 Å². The maximum atomic E-state index is 12.9. The molecule has 3 rings (SSSR count). The van der Waals surface area contributed by atoms with Crippen LogP contribution in [-0.2, 0) is 4.79 Å². The number of benzene rings is 2. The molecule has 0 aliphatic carbocycles. The van der Waals surface area contributed by atoms with E-state index in [0.717, 1.165) is 5.69 Å². The van der Waals surface area contributed by atoms with E-state index in [4.69, 9.17) is 0 Å². The second-order valence-corrected chi connectivity index (χ2v) is 7.48. The lowest BCUT2D eigenvalue weighted by Gasteiger charge is -2.37. The predicted molar refractivity (Wildman–Crippen MR) is 106 cm³/mol. The van der Waals surface area contributed by atoms with Gasteiger partial charge in [-0.2, -0.15) is 0 Å². The summed E-state index contributed by atoms with van der Waals surface area (Å²) in [5.41, 5.74) is 0.629. The van der Waals surface area contributed by atoms with Crippen molar-refractivity contribution in [2.24, 2.45) is 5.41 Å². The first-order valence-electron chi connectivity index (χ1n) is 9.28. The van der Waals surface area contributed by atoms with Crippen molar-refractivity contribution in [1.82, 2.24) is 4.90 Å². The molecule has 1 N–H and O–H groups in total. The summed E-state index contributed by atoms with van der Waals surface area (Å²) in [4.78, 5) is 40.4. The monoisotopic (exact) mass is 380 g/mol. The lowest BCUT2D eigenvalue weighted by molar-refractivity contribution is -0.150. The molecule has 1 fully saturated rings. The number of anilines is 1. The minimum absolute atomic E-state index is 0.170. The van der Waals surface area contributed by atoms with Gasteiger partial charge in [-0.25, -0.2) is 0 Å². The van der Waals surface area contributed by atoms with Gasteiger partial charge >= 0.3 is 5.97 Å². The smallest absolute Gasteiger partial charge is 0.311 e. The van der Waals surface area contributed by atoms with Crippen LogP contribution >= 0.6 is 0 Å². The van der Waals surface area contributed by atoms with E-state index in [2.05, 4.69) is 0 Å². The van der Waals surface area contributed by atoms with Crippen LogP contribution in [-0.4, -0.2) is 47.9 Å². The average molecular weight is 380 g/mol. The Balaban J connectivity index is 1.80. The molecule has 1 saturated heterocycles. The van der Waals surface area contributed by atoms with Gasteiger partial charge in [-0.1, -0.05) is 24.3 Å². The van der Waals surface area contributed by atoms with E-state index >= 15 is 0 Å². The summed E-state index contributed by atoms with van der Waals surface area (Å²) in [7, 11) is 1.69. The Labute approximate surface area is 164 Å². The van der Waals surface area contributed by atoms with Crippen molar-refractivity contribution in [2.75, 3.05) is 25.0 Å². The van der Waals surface area contributed by atoms with Crippen molar-refractivity contribution < 1.29 is 19.5 Å². The van der Waals surface area contributed by atoms with Gasteiger partial charge in [-0.05, 0) is 50.1 Å². The number of carboxylic acids is 1. The van der Waals surface area contributed by atoms with Gasteiger partial charge < -0.3 is 14.9 Å². The normalized spacial score (nSPS) is 19.1. The quantitative estimate of drug-likeness (QED) is 0.883. The molecule has 0 aromatic heterocycles. The molecule has 2 amide bonds. The third-order valence-electron chi connectivity index (χ3n) is 5.30. The van der Waals surface area contributed by atoms with E-state index in [-0.39, 0.29) is 18.4 Å². The number of hydrogen-bond donors (Lipinski definition) is 1. The standard InChI is InChI=1S/C22H24N2O4/c1-22(21(27)28)12-7-13-24(15-22)20(26)17-9-6-8-16(14-17)19(25)23(2)18-10-4-3-5-11-18/h3-6,8-11,14H,7,12-13,15H2,1-2H3,(H,27,28). The number of likely N-dealkylation sites (tertiary alicyclic amines) is 1. The second-order valence-electron chi connectivity index (χ2n) is 7.48. The Hall–Kier alpha value is -3.15. The molecule has 1 aliphatic rings. The van der Waals surface area contributed by atoms with Gasteiger partial charge in [0.2, 0.25) is 0 Å². The van der Waals surface area contributed by atoms with Crippen molar-refractivity contribution in [1.29, 1.82) is 0 Å². The van der Waals surface area contributed by atoms with Crippen molar-refractivity contribution in [3.63, 3.8) is 0 Å². The lowest BCUT2D eigenvalue weighted by Crippen LogP contribution is -2.48. The Morgan fingerprint density at radius 3 is 2.39 bits per heavy atom. The third kappa shape index (κ3) is 3.91. The Bertz CT molecular complexity index is 896. The topological polar surface area (TPSA) is 77.9 Å². The molecule has 1 heterocycles. The molecule has 0 radical (unpaired) electrons. The van der Waals surface area contributed by atoms with Crippen LogP contribution in [0.3, 0.4) is 0 Å². The molecule has 0 bridgehead atoms. The van der Waals surface area contributed by atoms with Gasteiger partial charge in [0.25, 0.3) is 11.8 Å². The summed E-state index contributed by atoms with van der Waals surface area (Å²) in [5, 5.41) is 9.47. The number of carbonyl (C=O) groups excluding carboxylic acids is 2. The molecule has 6 heteroatoms. The van der Waals surface area contributed by atoms with Crippen LogP contribution in [0.25, 0.3) is 0 Å². The Morgan fingerprint density at radius 2 is 1.71 bits per heavy atom. The lowest BCUT2D eigenvalue weighted by atomic mass is 9.82. The summed E-state index contributed by atoms with van der Waals surface area (Å²) in [6.45, 7) is 2.36. The maximum absolute atomic E-state index is 12.9. The Kier molecular flexibility index (Phi) is 5.49. The summed E-state index contributed by atoms with van der Waals surface area (Å²) in [6.07, 6.45) is 1.19. The molecule has 146 valence electrons. The van der Waals surface area contributed by atoms with E-state index < -0.39 is 11.4 Å². The number of piperidine rings is 1. The van der Waals surface area contributed by atoms with E-state index in [1.165, 1.54) is 4.90 Å². The highest BCUT2D eigenvalue weighted by Crippen LogP contribution is 2.30. The molecule has 6 nitrogen and oxygen atoms in total. The molecule has 1 unspecified atom stereocenters. The molecule has 0 spiro atoms. The van der Waals surface area contributed by atoms with Crippen LogP contribution in [0.5, 0.6) is 0 Å². The maximum Gasteiger partial charge on any atom is 0.311 e. The molecule has 0 saturated carbocycles. The first kappa shape index (κ1) is 19.6. The summed E-state index contributed by atoms with van der Waals surface area (Å²) in [6, 6.07) is 15.9. The first-order chi connectivity index (χ1) is 13.3. The van der Waals surface area contributed by atoms with Gasteiger partial charge in [0.05, 0.1) is 5.41 Å². The number of carbonyl (C=O) groups is 3. The van der Waals surface area contributed by atoms with E-state index in [9.17, 15) is 19.5 Å². The SMILES string of the molecule is CN(C(=O)c1cccc(C(=O)N2CCCC(C)(C(=O)O)C2)c1)c1ccccc1. The van der Waals surface area contributed by atoms with Gasteiger partial charge in [0, 0.05) is 37.0 Å². The second kappa shape index (κ2) is 7.84. The number of para-hydroxylation sites is 1. The third-order valence-corrected chi connectivity index (χ3v) is 5.30. The zero-order valence-electron chi connectivity index (χ0n) is 16.1. The van der Waals surface area contributed by atoms with Crippen LogP contribution < -0.4 is 4.90 Å². The highest BCUT2D eigenvalue weighted by atomic mass is 16.4. The summed E-state index contributed by atoms with van der Waals surface area (Å²) in [5.74, 6) is -1.35. The van der Waals surface area contributed by atoms with Crippen molar-refractivity contribution in [3.8, 4) is 0 Å². The molecular formula is C22H24N2O4. The Morgan fingerprint density at radius 1 is 1.04 bits per heavy atom. The predicted octanol–water partition coefficient (Wildman–Crippen LogP) is 3.29. The van der Waals surface area contributed by atoms with Crippen molar-refractivity contribution in [3.05, 3.63) is 65.7 Å². The number of rotatable bonds is 4. The fraction of sp³-hybridized carbons (Fsp3) is 0.318. The van der Waals surface area contributed by atoms with Crippen LogP contribution in [0.2, 0.25) is 0 Å². The summed E-state index contributed by atoms with van der Waals surface area (Å²) < 4.78 is 0. The van der Waals surface area contributed by atoms with E-state index in [1.807, 2.05) is 30.3 Å².